The van der Waals surface area contributed by atoms with Crippen molar-refractivity contribution in [1.29, 1.82) is 0 Å². The van der Waals surface area contributed by atoms with Crippen LogP contribution in [0, 0.1) is 0 Å². The van der Waals surface area contributed by atoms with Gasteiger partial charge in [0, 0.05) is 26.4 Å². The van der Waals surface area contributed by atoms with Crippen LogP contribution in [0.5, 0.6) is 0 Å². The molecule has 1 aromatic rings. The van der Waals surface area contributed by atoms with Crippen molar-refractivity contribution in [2.75, 3.05) is 20.3 Å². The van der Waals surface area contributed by atoms with Crippen LogP contribution in [0.15, 0.2) is 18.3 Å². The molecule has 1 aromatic heterocycles. The summed E-state index contributed by atoms with van der Waals surface area (Å²) in [6, 6.07) is 2.82. The maximum atomic E-state index is 12.6. The highest BCUT2D eigenvalue weighted by molar-refractivity contribution is 5.95. The fourth-order valence-electron chi connectivity index (χ4n) is 2.57. The Balaban J connectivity index is 2.17. The first-order valence-corrected chi connectivity index (χ1v) is 6.83. The zero-order chi connectivity index (χ0) is 14.5. The van der Waals surface area contributed by atoms with Crippen molar-refractivity contribution in [1.82, 2.24) is 9.47 Å². The van der Waals surface area contributed by atoms with E-state index < -0.39 is 12.0 Å². The maximum absolute atomic E-state index is 12.6. The largest absolute Gasteiger partial charge is 0.480 e. The number of hydrogen-bond acceptors (Lipinski definition) is 3. The third kappa shape index (κ3) is 3.01. The third-order valence-corrected chi connectivity index (χ3v) is 3.63. The van der Waals surface area contributed by atoms with Gasteiger partial charge < -0.3 is 19.3 Å². The minimum atomic E-state index is -0.923. The highest BCUT2D eigenvalue weighted by Crippen LogP contribution is 2.20. The maximum Gasteiger partial charge on any atom is 0.326 e. The molecule has 0 saturated carbocycles. The molecule has 2 heterocycles. The molecule has 0 aromatic carbocycles. The molecular weight excluding hydrogens is 260 g/mol. The van der Waals surface area contributed by atoms with Crippen LogP contribution >= 0.6 is 0 Å². The fourth-order valence-corrected chi connectivity index (χ4v) is 2.57. The molecule has 0 unspecified atom stereocenters. The van der Waals surface area contributed by atoms with E-state index in [0.29, 0.717) is 31.8 Å². The number of nitrogens with zero attached hydrogens (tertiary/aromatic N) is 2. The number of piperidine rings is 1. The van der Waals surface area contributed by atoms with Crippen LogP contribution < -0.4 is 0 Å². The van der Waals surface area contributed by atoms with Gasteiger partial charge in [-0.05, 0) is 31.4 Å². The number of carboxylic acid groups (broad SMARTS) is 1. The van der Waals surface area contributed by atoms with Gasteiger partial charge in [-0.25, -0.2) is 4.79 Å². The number of aliphatic carboxylic acids is 1. The van der Waals surface area contributed by atoms with E-state index in [9.17, 15) is 14.7 Å². The van der Waals surface area contributed by atoms with Gasteiger partial charge in [0.1, 0.15) is 11.7 Å². The quantitative estimate of drug-likeness (QED) is 0.880. The molecule has 0 bridgehead atoms. The normalized spacial score (nSPS) is 19.1. The lowest BCUT2D eigenvalue weighted by Gasteiger charge is -2.33. The summed E-state index contributed by atoms with van der Waals surface area (Å²) in [6.07, 6.45) is 4.05. The number of carboxylic acids is 1. The number of ether oxygens (including phenoxy) is 1. The number of rotatable bonds is 5. The van der Waals surface area contributed by atoms with E-state index in [1.807, 2.05) is 6.20 Å². The van der Waals surface area contributed by atoms with Crippen LogP contribution in [-0.2, 0) is 16.1 Å². The first-order valence-electron chi connectivity index (χ1n) is 6.83. The van der Waals surface area contributed by atoms with Crippen molar-refractivity contribution in [3.8, 4) is 0 Å². The highest BCUT2D eigenvalue weighted by Gasteiger charge is 2.33. The molecule has 1 aliphatic heterocycles. The molecule has 0 radical (unpaired) electrons. The fraction of sp³-hybridized carbons (Fsp3) is 0.571. The smallest absolute Gasteiger partial charge is 0.326 e. The number of hydrogen-bond donors (Lipinski definition) is 1. The van der Waals surface area contributed by atoms with Crippen molar-refractivity contribution in [2.24, 2.45) is 0 Å². The van der Waals surface area contributed by atoms with Crippen LogP contribution in [-0.4, -0.2) is 52.8 Å². The van der Waals surface area contributed by atoms with Gasteiger partial charge in [0.15, 0.2) is 0 Å². The molecule has 0 aliphatic carbocycles. The minimum Gasteiger partial charge on any atom is -0.480 e. The van der Waals surface area contributed by atoms with Crippen molar-refractivity contribution in [2.45, 2.75) is 31.8 Å². The lowest BCUT2D eigenvalue weighted by Crippen LogP contribution is -2.48. The number of carbonyl (C=O) groups excluding carboxylic acids is 1. The Morgan fingerprint density at radius 3 is 2.95 bits per heavy atom. The Labute approximate surface area is 117 Å². The number of methoxy groups -OCH3 is 1. The van der Waals surface area contributed by atoms with E-state index in [1.54, 1.807) is 23.8 Å². The third-order valence-electron chi connectivity index (χ3n) is 3.63. The van der Waals surface area contributed by atoms with Crippen LogP contribution in [0.3, 0.4) is 0 Å². The van der Waals surface area contributed by atoms with Crippen LogP contribution in [0.2, 0.25) is 0 Å². The summed E-state index contributed by atoms with van der Waals surface area (Å²) in [5.41, 5.74) is 0.523. The van der Waals surface area contributed by atoms with Gasteiger partial charge in [0.05, 0.1) is 6.61 Å². The van der Waals surface area contributed by atoms with Gasteiger partial charge in [-0.1, -0.05) is 0 Å². The molecule has 1 N–H and O–H groups in total. The molecule has 2 rings (SSSR count). The van der Waals surface area contributed by atoms with E-state index in [0.717, 1.165) is 12.8 Å². The molecule has 110 valence electrons. The lowest BCUT2D eigenvalue weighted by molar-refractivity contribution is -0.143. The zero-order valence-corrected chi connectivity index (χ0v) is 11.6. The summed E-state index contributed by atoms with van der Waals surface area (Å²) < 4.78 is 6.82. The first-order chi connectivity index (χ1) is 9.65. The summed E-state index contributed by atoms with van der Waals surface area (Å²) in [5, 5.41) is 9.25. The topological polar surface area (TPSA) is 71.8 Å². The molecule has 6 heteroatoms. The standard InChI is InChI=1S/C14H20N2O4/c1-20-10-9-15-7-4-6-11(15)13(17)16-8-3-2-5-12(16)14(18)19/h4,6-7,12H,2-3,5,8-10H2,1H3,(H,18,19)/t12-/m0/s1. The van der Waals surface area contributed by atoms with E-state index >= 15 is 0 Å². The molecule has 1 aliphatic rings. The molecule has 6 nitrogen and oxygen atoms in total. The molecule has 1 amide bonds. The highest BCUT2D eigenvalue weighted by atomic mass is 16.5. The molecule has 1 fully saturated rings. The number of aromatic nitrogens is 1. The monoisotopic (exact) mass is 280 g/mol. The average molecular weight is 280 g/mol. The van der Waals surface area contributed by atoms with E-state index in [2.05, 4.69) is 0 Å². The Morgan fingerprint density at radius 1 is 1.45 bits per heavy atom. The SMILES string of the molecule is COCCn1cccc1C(=O)N1CCCC[C@H]1C(=O)O. The summed E-state index contributed by atoms with van der Waals surface area (Å²) in [7, 11) is 1.61. The molecule has 1 saturated heterocycles. The Kier molecular flexibility index (Phi) is 4.79. The number of amides is 1. The van der Waals surface area contributed by atoms with Crippen LogP contribution in [0.4, 0.5) is 0 Å². The first kappa shape index (κ1) is 14.6. The molecule has 20 heavy (non-hydrogen) atoms. The van der Waals surface area contributed by atoms with Gasteiger partial charge in [-0.15, -0.1) is 0 Å². The summed E-state index contributed by atoms with van der Waals surface area (Å²) in [5.74, 6) is -1.13. The van der Waals surface area contributed by atoms with Crippen molar-refractivity contribution in [3.05, 3.63) is 24.0 Å². The van der Waals surface area contributed by atoms with Gasteiger partial charge in [0.25, 0.3) is 5.91 Å². The molecular formula is C14H20N2O4. The van der Waals surface area contributed by atoms with Crippen LogP contribution in [0.1, 0.15) is 29.8 Å². The summed E-state index contributed by atoms with van der Waals surface area (Å²) in [4.78, 5) is 25.3. The number of carbonyl (C=O) groups is 2. The second kappa shape index (κ2) is 6.56. The Morgan fingerprint density at radius 2 is 2.25 bits per heavy atom. The van der Waals surface area contributed by atoms with Gasteiger partial charge >= 0.3 is 5.97 Å². The van der Waals surface area contributed by atoms with Crippen molar-refractivity contribution < 1.29 is 19.4 Å². The second-order valence-corrected chi connectivity index (χ2v) is 4.93. The van der Waals surface area contributed by atoms with E-state index in [4.69, 9.17) is 4.74 Å². The number of likely N-dealkylation sites (tertiary alicyclic amines) is 1. The Bertz CT molecular complexity index is 483. The molecule has 1 atom stereocenters. The summed E-state index contributed by atoms with van der Waals surface area (Å²) >= 11 is 0. The minimum absolute atomic E-state index is 0.210. The molecule has 0 spiro atoms. The van der Waals surface area contributed by atoms with E-state index in [-0.39, 0.29) is 5.91 Å². The van der Waals surface area contributed by atoms with Crippen molar-refractivity contribution in [3.63, 3.8) is 0 Å². The summed E-state index contributed by atoms with van der Waals surface area (Å²) in [6.45, 7) is 1.60. The van der Waals surface area contributed by atoms with Gasteiger partial charge in [-0.2, -0.15) is 0 Å². The van der Waals surface area contributed by atoms with Gasteiger partial charge in [0.2, 0.25) is 0 Å². The predicted octanol–water partition coefficient (Wildman–Crippen LogP) is 1.21. The average Bonchev–Trinajstić information content (AvgIpc) is 2.92. The van der Waals surface area contributed by atoms with Crippen molar-refractivity contribution >= 4 is 11.9 Å². The lowest BCUT2D eigenvalue weighted by atomic mass is 10.0. The zero-order valence-electron chi connectivity index (χ0n) is 11.6. The second-order valence-electron chi connectivity index (χ2n) is 4.93. The predicted molar refractivity (Wildman–Crippen MR) is 72.6 cm³/mol. The van der Waals surface area contributed by atoms with Crippen LogP contribution in [0.25, 0.3) is 0 Å². The Hall–Kier alpha value is -1.82. The van der Waals surface area contributed by atoms with Gasteiger partial charge in [-0.3, -0.25) is 4.79 Å². The van der Waals surface area contributed by atoms with E-state index in [1.165, 1.54) is 4.90 Å².